The van der Waals surface area contributed by atoms with Gasteiger partial charge < -0.3 is 4.90 Å². The van der Waals surface area contributed by atoms with Crippen LogP contribution in [0, 0.1) is 23.0 Å². The standard InChI is InChI=1S/C14H17F2N3/c1-3-18-6-7-19(9-10(18)2)12-5-4-11(8-17)13(15)14(12)16/h4-5,10H,3,6-7,9H2,1-2H3. The van der Waals surface area contributed by atoms with Gasteiger partial charge in [-0.15, -0.1) is 0 Å². The van der Waals surface area contributed by atoms with Crippen LogP contribution in [0.25, 0.3) is 0 Å². The maximum atomic E-state index is 14.0. The largest absolute Gasteiger partial charge is 0.366 e. The molecule has 1 saturated heterocycles. The summed E-state index contributed by atoms with van der Waals surface area (Å²) in [5, 5.41) is 8.68. The Bertz CT molecular complexity index is 510. The molecule has 19 heavy (non-hydrogen) atoms. The van der Waals surface area contributed by atoms with Gasteiger partial charge in [0.15, 0.2) is 11.6 Å². The molecule has 1 fully saturated rings. The number of anilines is 1. The van der Waals surface area contributed by atoms with Crippen molar-refractivity contribution in [2.45, 2.75) is 19.9 Å². The predicted octanol–water partition coefficient (Wildman–Crippen LogP) is 2.37. The highest BCUT2D eigenvalue weighted by atomic mass is 19.2. The van der Waals surface area contributed by atoms with Crippen LogP contribution in [-0.2, 0) is 0 Å². The van der Waals surface area contributed by atoms with Crippen LogP contribution in [0.1, 0.15) is 19.4 Å². The molecule has 0 N–H and O–H groups in total. The highest BCUT2D eigenvalue weighted by molar-refractivity contribution is 5.52. The van der Waals surface area contributed by atoms with Gasteiger partial charge >= 0.3 is 0 Å². The Morgan fingerprint density at radius 1 is 1.32 bits per heavy atom. The molecule has 1 aromatic rings. The second-order valence-electron chi connectivity index (χ2n) is 4.80. The quantitative estimate of drug-likeness (QED) is 0.822. The van der Waals surface area contributed by atoms with Gasteiger partial charge in [-0.3, -0.25) is 4.90 Å². The molecule has 102 valence electrons. The molecule has 0 radical (unpaired) electrons. The Hall–Kier alpha value is -1.67. The summed E-state index contributed by atoms with van der Waals surface area (Å²) in [6, 6.07) is 4.78. The monoisotopic (exact) mass is 265 g/mol. The first-order chi connectivity index (χ1) is 9.08. The van der Waals surface area contributed by atoms with E-state index in [4.69, 9.17) is 5.26 Å². The summed E-state index contributed by atoms with van der Waals surface area (Å²) in [5.41, 5.74) is 0.000552. The fourth-order valence-electron chi connectivity index (χ4n) is 2.55. The van der Waals surface area contributed by atoms with Crippen molar-refractivity contribution in [1.82, 2.24) is 4.90 Å². The van der Waals surface area contributed by atoms with Crippen molar-refractivity contribution in [1.29, 1.82) is 5.26 Å². The zero-order chi connectivity index (χ0) is 14.0. The second-order valence-corrected chi connectivity index (χ2v) is 4.80. The van der Waals surface area contributed by atoms with Crippen LogP contribution < -0.4 is 4.90 Å². The van der Waals surface area contributed by atoms with Gasteiger partial charge in [0.25, 0.3) is 0 Å². The van der Waals surface area contributed by atoms with E-state index in [2.05, 4.69) is 18.7 Å². The lowest BCUT2D eigenvalue weighted by Crippen LogP contribution is -2.52. The van der Waals surface area contributed by atoms with Crippen molar-refractivity contribution >= 4 is 5.69 Å². The molecule has 5 heteroatoms. The first-order valence-electron chi connectivity index (χ1n) is 6.45. The van der Waals surface area contributed by atoms with Gasteiger partial charge in [0.1, 0.15) is 6.07 Å². The van der Waals surface area contributed by atoms with E-state index in [1.807, 2.05) is 4.90 Å². The smallest absolute Gasteiger partial charge is 0.183 e. The number of benzene rings is 1. The number of hydrogen-bond acceptors (Lipinski definition) is 3. The second kappa shape index (κ2) is 5.54. The van der Waals surface area contributed by atoms with Crippen LogP contribution in [0.5, 0.6) is 0 Å². The number of likely N-dealkylation sites (N-methyl/N-ethyl adjacent to an activating group) is 1. The molecule has 1 atom stereocenters. The third kappa shape index (κ3) is 2.54. The molecule has 1 aliphatic heterocycles. The summed E-state index contributed by atoms with van der Waals surface area (Å²) < 4.78 is 27.6. The maximum absolute atomic E-state index is 14.0. The molecule has 1 heterocycles. The lowest BCUT2D eigenvalue weighted by molar-refractivity contribution is 0.199. The number of hydrogen-bond donors (Lipinski definition) is 0. The van der Waals surface area contributed by atoms with E-state index in [1.165, 1.54) is 12.1 Å². The lowest BCUT2D eigenvalue weighted by Gasteiger charge is -2.40. The van der Waals surface area contributed by atoms with E-state index >= 15 is 0 Å². The maximum Gasteiger partial charge on any atom is 0.183 e. The Kier molecular flexibility index (Phi) is 4.01. The van der Waals surface area contributed by atoms with E-state index in [9.17, 15) is 8.78 Å². The van der Waals surface area contributed by atoms with E-state index < -0.39 is 11.6 Å². The van der Waals surface area contributed by atoms with Gasteiger partial charge in [-0.05, 0) is 25.6 Å². The summed E-state index contributed by atoms with van der Waals surface area (Å²) >= 11 is 0. The van der Waals surface area contributed by atoms with Gasteiger partial charge in [-0.25, -0.2) is 8.78 Å². The predicted molar refractivity (Wildman–Crippen MR) is 70.0 cm³/mol. The molecule has 0 amide bonds. The summed E-state index contributed by atoms with van der Waals surface area (Å²) in [4.78, 5) is 4.14. The van der Waals surface area contributed by atoms with E-state index in [0.29, 0.717) is 19.1 Å². The Morgan fingerprint density at radius 2 is 2.05 bits per heavy atom. The average molecular weight is 265 g/mol. The number of halogens is 2. The summed E-state index contributed by atoms with van der Waals surface area (Å²) in [6.07, 6.45) is 0. The summed E-state index contributed by atoms with van der Waals surface area (Å²) in [7, 11) is 0. The molecule has 0 spiro atoms. The van der Waals surface area contributed by atoms with Crippen LogP contribution in [0.4, 0.5) is 14.5 Å². The summed E-state index contributed by atoms with van der Waals surface area (Å²) in [6.45, 7) is 7.29. The van der Waals surface area contributed by atoms with Crippen LogP contribution in [-0.4, -0.2) is 37.1 Å². The van der Waals surface area contributed by atoms with Gasteiger partial charge in [-0.2, -0.15) is 5.26 Å². The van der Waals surface area contributed by atoms with Gasteiger partial charge in [0.05, 0.1) is 11.3 Å². The van der Waals surface area contributed by atoms with Crippen molar-refractivity contribution in [2.24, 2.45) is 0 Å². The van der Waals surface area contributed by atoms with Crippen LogP contribution >= 0.6 is 0 Å². The molecule has 1 unspecified atom stereocenters. The molecule has 0 saturated carbocycles. The molecule has 1 aliphatic rings. The highest BCUT2D eigenvalue weighted by Gasteiger charge is 2.25. The van der Waals surface area contributed by atoms with Crippen LogP contribution in [0.3, 0.4) is 0 Å². The van der Waals surface area contributed by atoms with Gasteiger partial charge in [-0.1, -0.05) is 6.92 Å². The Morgan fingerprint density at radius 3 is 2.63 bits per heavy atom. The minimum absolute atomic E-state index is 0.249. The average Bonchev–Trinajstić information content (AvgIpc) is 2.41. The number of nitrogens with zero attached hydrogens (tertiary/aromatic N) is 3. The number of rotatable bonds is 2. The third-order valence-corrected chi connectivity index (χ3v) is 3.69. The molecule has 3 nitrogen and oxygen atoms in total. The van der Waals surface area contributed by atoms with Crippen LogP contribution in [0.15, 0.2) is 12.1 Å². The van der Waals surface area contributed by atoms with Crippen molar-refractivity contribution in [3.8, 4) is 6.07 Å². The molecule has 0 aromatic heterocycles. The minimum atomic E-state index is -1.05. The molecule has 0 bridgehead atoms. The SMILES string of the molecule is CCN1CCN(c2ccc(C#N)c(F)c2F)CC1C. The highest BCUT2D eigenvalue weighted by Crippen LogP contribution is 2.26. The van der Waals surface area contributed by atoms with Crippen molar-refractivity contribution in [2.75, 3.05) is 31.1 Å². The van der Waals surface area contributed by atoms with Crippen molar-refractivity contribution < 1.29 is 8.78 Å². The fourth-order valence-corrected chi connectivity index (χ4v) is 2.55. The fraction of sp³-hybridized carbons (Fsp3) is 0.500. The normalized spacial score (nSPS) is 20.4. The van der Waals surface area contributed by atoms with Crippen molar-refractivity contribution in [3.63, 3.8) is 0 Å². The number of nitriles is 1. The van der Waals surface area contributed by atoms with Gasteiger partial charge in [0, 0.05) is 25.7 Å². The zero-order valence-electron chi connectivity index (χ0n) is 11.2. The Balaban J connectivity index is 2.25. The van der Waals surface area contributed by atoms with E-state index in [0.717, 1.165) is 13.1 Å². The Labute approximate surface area is 112 Å². The molecular formula is C14H17F2N3. The van der Waals surface area contributed by atoms with Gasteiger partial charge in [0.2, 0.25) is 0 Å². The van der Waals surface area contributed by atoms with E-state index in [-0.39, 0.29) is 11.3 Å². The van der Waals surface area contributed by atoms with Crippen LogP contribution in [0.2, 0.25) is 0 Å². The summed E-state index contributed by atoms with van der Waals surface area (Å²) in [5.74, 6) is -1.97. The minimum Gasteiger partial charge on any atom is -0.366 e. The third-order valence-electron chi connectivity index (χ3n) is 3.69. The topological polar surface area (TPSA) is 30.3 Å². The molecule has 1 aromatic carbocycles. The number of piperazine rings is 1. The molecule has 2 rings (SSSR count). The van der Waals surface area contributed by atoms with Crippen molar-refractivity contribution in [3.05, 3.63) is 29.3 Å². The zero-order valence-corrected chi connectivity index (χ0v) is 11.2. The first-order valence-corrected chi connectivity index (χ1v) is 6.45. The first kappa shape index (κ1) is 13.8. The van der Waals surface area contributed by atoms with E-state index in [1.54, 1.807) is 6.07 Å². The molecular weight excluding hydrogens is 248 g/mol. The lowest BCUT2D eigenvalue weighted by atomic mass is 10.1. The molecule has 0 aliphatic carbocycles.